The zero-order chi connectivity index (χ0) is 23.4. The Kier molecular flexibility index (Phi) is 6.09. The Morgan fingerprint density at radius 1 is 1.09 bits per heavy atom. The molecular weight excluding hydrogens is 418 g/mol. The number of fused-ring (bicyclic) bond motifs is 1. The summed E-state index contributed by atoms with van der Waals surface area (Å²) in [5.74, 6) is 0.276. The number of methoxy groups -OCH3 is 2. The number of nitriles is 1. The molecule has 2 heterocycles. The number of allylic oxidation sites excluding steroid dienone is 1. The first-order chi connectivity index (χ1) is 16.0. The summed E-state index contributed by atoms with van der Waals surface area (Å²) in [6.45, 7) is 0.573. The average Bonchev–Trinajstić information content (AvgIpc) is 3.19. The second-order valence-electron chi connectivity index (χ2n) is 7.36. The van der Waals surface area contributed by atoms with Gasteiger partial charge in [0.1, 0.15) is 5.75 Å². The molecule has 0 bridgehead atoms. The maximum atomic E-state index is 11.1. The van der Waals surface area contributed by atoms with Crippen LogP contribution in [-0.2, 0) is 6.54 Å². The lowest BCUT2D eigenvalue weighted by Crippen LogP contribution is -1.99. The van der Waals surface area contributed by atoms with Crippen molar-refractivity contribution < 1.29 is 19.4 Å². The molecule has 33 heavy (non-hydrogen) atoms. The molecule has 0 amide bonds. The van der Waals surface area contributed by atoms with E-state index in [9.17, 15) is 10.1 Å². The Bertz CT molecular complexity index is 1380. The van der Waals surface area contributed by atoms with E-state index in [1.54, 1.807) is 32.5 Å². The predicted molar refractivity (Wildman–Crippen MR) is 125 cm³/mol. The van der Waals surface area contributed by atoms with Gasteiger partial charge in [0.05, 0.1) is 36.9 Å². The van der Waals surface area contributed by atoms with Crippen LogP contribution < -0.4 is 9.47 Å². The highest BCUT2D eigenvalue weighted by atomic mass is 16.5. The molecule has 7 nitrogen and oxygen atoms in total. The van der Waals surface area contributed by atoms with E-state index in [1.807, 2.05) is 42.6 Å². The third-order valence-electron chi connectivity index (χ3n) is 5.34. The molecule has 0 aliphatic heterocycles. The number of aromatic carboxylic acids is 1. The Morgan fingerprint density at radius 2 is 1.85 bits per heavy atom. The summed E-state index contributed by atoms with van der Waals surface area (Å²) in [5.41, 5.74) is 4.08. The molecule has 0 spiro atoms. The van der Waals surface area contributed by atoms with Crippen molar-refractivity contribution in [2.45, 2.75) is 6.54 Å². The van der Waals surface area contributed by atoms with Crippen LogP contribution in [0.25, 0.3) is 22.6 Å². The molecule has 164 valence electrons. The van der Waals surface area contributed by atoms with Crippen LogP contribution in [0.4, 0.5) is 0 Å². The van der Waals surface area contributed by atoms with E-state index in [1.165, 1.54) is 12.1 Å². The van der Waals surface area contributed by atoms with E-state index in [-0.39, 0.29) is 5.56 Å². The number of hydrogen-bond acceptors (Lipinski definition) is 5. The molecule has 7 heteroatoms. The Morgan fingerprint density at radius 3 is 2.45 bits per heavy atom. The molecule has 1 N–H and O–H groups in total. The highest BCUT2D eigenvalue weighted by Gasteiger charge is 2.12. The van der Waals surface area contributed by atoms with E-state index in [4.69, 9.17) is 14.6 Å². The van der Waals surface area contributed by atoms with Crippen LogP contribution in [-0.4, -0.2) is 34.8 Å². The summed E-state index contributed by atoms with van der Waals surface area (Å²) in [7, 11) is 3.20. The molecule has 0 unspecified atom stereocenters. The monoisotopic (exact) mass is 439 g/mol. The number of ether oxygens (including phenoxy) is 2. The first-order valence-corrected chi connectivity index (χ1v) is 10.1. The van der Waals surface area contributed by atoms with Crippen molar-refractivity contribution >= 4 is 28.5 Å². The molecule has 4 aromatic rings. The van der Waals surface area contributed by atoms with Crippen molar-refractivity contribution in [3.63, 3.8) is 0 Å². The molecule has 0 aliphatic rings. The van der Waals surface area contributed by atoms with Crippen LogP contribution in [0.15, 0.2) is 67.0 Å². The molecule has 2 aromatic heterocycles. The molecule has 0 saturated carbocycles. The number of carboxylic acid groups (broad SMARTS) is 1. The minimum absolute atomic E-state index is 0.174. The summed E-state index contributed by atoms with van der Waals surface area (Å²) in [4.78, 5) is 15.4. The molecule has 0 atom stereocenters. The number of rotatable bonds is 7. The number of hydrogen-bond donors (Lipinski definition) is 1. The van der Waals surface area contributed by atoms with Crippen molar-refractivity contribution in [2.24, 2.45) is 0 Å². The van der Waals surface area contributed by atoms with Gasteiger partial charge in [0.2, 0.25) is 5.88 Å². The number of carboxylic acids is 1. The van der Waals surface area contributed by atoms with Crippen LogP contribution in [0.3, 0.4) is 0 Å². The molecule has 0 radical (unpaired) electrons. The molecule has 0 saturated heterocycles. The van der Waals surface area contributed by atoms with Crippen molar-refractivity contribution in [1.29, 1.82) is 5.26 Å². The zero-order valence-electron chi connectivity index (χ0n) is 18.1. The smallest absolute Gasteiger partial charge is 0.335 e. The highest BCUT2D eigenvalue weighted by Crippen LogP contribution is 2.30. The number of carbonyl (C=O) groups is 1. The fourth-order valence-electron chi connectivity index (χ4n) is 3.62. The third-order valence-corrected chi connectivity index (χ3v) is 5.34. The van der Waals surface area contributed by atoms with Gasteiger partial charge < -0.3 is 19.1 Å². The maximum Gasteiger partial charge on any atom is 0.335 e. The van der Waals surface area contributed by atoms with Crippen molar-refractivity contribution in [3.05, 3.63) is 89.2 Å². The number of aromatic nitrogens is 2. The normalized spacial score (nSPS) is 11.2. The van der Waals surface area contributed by atoms with Gasteiger partial charge in [-0.25, -0.2) is 9.78 Å². The minimum Gasteiger partial charge on any atom is -0.497 e. The number of nitrogens with zero attached hydrogens (tertiary/aromatic N) is 3. The fraction of sp³-hybridized carbons (Fsp3) is 0.115. The quantitative estimate of drug-likeness (QED) is 0.413. The Labute approximate surface area is 190 Å². The fourth-order valence-corrected chi connectivity index (χ4v) is 3.62. The van der Waals surface area contributed by atoms with Gasteiger partial charge in [0, 0.05) is 42.0 Å². The molecule has 2 aromatic carbocycles. The lowest BCUT2D eigenvalue weighted by Gasteiger charge is -2.07. The minimum atomic E-state index is -1.01. The van der Waals surface area contributed by atoms with Crippen molar-refractivity contribution in [1.82, 2.24) is 9.55 Å². The SMILES string of the molecule is COc1ccc2c(/C=C(\C#N)c3ccc(C(=O)O)cc3)cn(Cc3ccc(OC)nc3)c2c1. The third kappa shape index (κ3) is 4.55. The van der Waals surface area contributed by atoms with Crippen LogP contribution in [0.5, 0.6) is 11.6 Å². The number of pyridine rings is 1. The molecule has 4 rings (SSSR count). The van der Waals surface area contributed by atoms with Crippen LogP contribution in [0, 0.1) is 11.3 Å². The van der Waals surface area contributed by atoms with Gasteiger partial charge in [-0.2, -0.15) is 5.26 Å². The van der Waals surface area contributed by atoms with Crippen molar-refractivity contribution in [2.75, 3.05) is 14.2 Å². The first-order valence-electron chi connectivity index (χ1n) is 10.1. The largest absolute Gasteiger partial charge is 0.497 e. The molecule has 0 aliphatic carbocycles. The maximum absolute atomic E-state index is 11.1. The van der Waals surface area contributed by atoms with E-state index >= 15 is 0 Å². The lowest BCUT2D eigenvalue weighted by atomic mass is 10.0. The standard InChI is InChI=1S/C26H21N3O4/c1-32-22-8-9-23-21(11-20(13-27)18-4-6-19(7-5-18)26(30)31)16-29(24(23)12-22)15-17-3-10-25(33-2)28-14-17/h3-12,14,16H,15H2,1-2H3,(H,30,31)/b20-11+. The molecule has 0 fully saturated rings. The Balaban J connectivity index is 1.77. The van der Waals surface area contributed by atoms with Crippen molar-refractivity contribution in [3.8, 4) is 17.7 Å². The van der Waals surface area contributed by atoms with Gasteiger partial charge in [-0.15, -0.1) is 0 Å². The average molecular weight is 439 g/mol. The predicted octanol–water partition coefficient (Wildman–Crippen LogP) is 4.86. The highest BCUT2D eigenvalue weighted by molar-refractivity contribution is 5.99. The van der Waals surface area contributed by atoms with Gasteiger partial charge in [0.25, 0.3) is 0 Å². The van der Waals surface area contributed by atoms with Gasteiger partial charge >= 0.3 is 5.97 Å². The van der Waals surface area contributed by atoms with E-state index in [2.05, 4.69) is 15.6 Å². The summed E-state index contributed by atoms with van der Waals surface area (Å²) in [6, 6.07) is 18.1. The topological polar surface area (TPSA) is 97.4 Å². The van der Waals surface area contributed by atoms with Crippen LogP contribution >= 0.6 is 0 Å². The zero-order valence-corrected chi connectivity index (χ0v) is 18.1. The summed E-state index contributed by atoms with van der Waals surface area (Å²) in [5, 5.41) is 19.9. The van der Waals surface area contributed by atoms with Crippen LogP contribution in [0.2, 0.25) is 0 Å². The van der Waals surface area contributed by atoms with E-state index in [0.29, 0.717) is 23.6 Å². The van der Waals surface area contributed by atoms with Crippen LogP contribution in [0.1, 0.15) is 27.0 Å². The second-order valence-corrected chi connectivity index (χ2v) is 7.36. The first kappa shape index (κ1) is 21.7. The van der Waals surface area contributed by atoms with Gasteiger partial charge in [0.15, 0.2) is 0 Å². The van der Waals surface area contributed by atoms with E-state index in [0.717, 1.165) is 27.8 Å². The summed E-state index contributed by atoms with van der Waals surface area (Å²) < 4.78 is 12.6. The number of benzene rings is 2. The lowest BCUT2D eigenvalue weighted by molar-refractivity contribution is 0.0697. The van der Waals surface area contributed by atoms with Gasteiger partial charge in [-0.1, -0.05) is 18.2 Å². The van der Waals surface area contributed by atoms with Gasteiger partial charge in [-0.05, 0) is 41.5 Å². The van der Waals surface area contributed by atoms with Gasteiger partial charge in [-0.3, -0.25) is 0 Å². The summed E-state index contributed by atoms with van der Waals surface area (Å²) >= 11 is 0. The molecular formula is C26H21N3O4. The Hall–Kier alpha value is -4.57. The summed E-state index contributed by atoms with van der Waals surface area (Å²) in [6.07, 6.45) is 5.57. The van der Waals surface area contributed by atoms with E-state index < -0.39 is 5.97 Å². The second kappa shape index (κ2) is 9.28.